The summed E-state index contributed by atoms with van der Waals surface area (Å²) in [5.74, 6) is 0. The van der Waals surface area contributed by atoms with Gasteiger partial charge in [-0.25, -0.2) is 10.1 Å². The van der Waals surface area contributed by atoms with Crippen molar-refractivity contribution in [2.24, 2.45) is 4.99 Å². The van der Waals surface area contributed by atoms with E-state index in [1.807, 2.05) is 55.4 Å². The molecule has 5 heteroatoms. The smallest absolute Gasteiger partial charge is 0.266 e. The Morgan fingerprint density at radius 3 is 2.64 bits per heavy atom. The van der Waals surface area contributed by atoms with Gasteiger partial charge in [-0.3, -0.25) is 4.99 Å². The number of rotatable bonds is 6. The fraction of sp³-hybridized carbons (Fsp3) is 0.250. The number of nitriles is 1. The SMILES string of the molecule is [C-]#[N+]C(C#N)=C(CC=NCCO)c1ccc2cc(N(C)C)ccc2c1. The molecule has 0 saturated heterocycles. The molecule has 0 bridgehead atoms. The van der Waals surface area contributed by atoms with Crippen molar-refractivity contribution in [1.82, 2.24) is 0 Å². The van der Waals surface area contributed by atoms with E-state index in [4.69, 9.17) is 11.7 Å². The van der Waals surface area contributed by atoms with Gasteiger partial charge >= 0.3 is 0 Å². The van der Waals surface area contributed by atoms with Gasteiger partial charge in [0.1, 0.15) is 0 Å². The van der Waals surface area contributed by atoms with Crippen molar-refractivity contribution in [2.45, 2.75) is 6.42 Å². The Morgan fingerprint density at radius 2 is 2.00 bits per heavy atom. The lowest BCUT2D eigenvalue weighted by molar-refractivity contribution is 0.307. The van der Waals surface area contributed by atoms with Gasteiger partial charge in [0.2, 0.25) is 0 Å². The number of anilines is 1. The number of aliphatic hydroxyl groups is 1. The molecule has 0 saturated carbocycles. The molecule has 5 nitrogen and oxygen atoms in total. The van der Waals surface area contributed by atoms with E-state index in [0.29, 0.717) is 18.5 Å². The van der Waals surface area contributed by atoms with Crippen LogP contribution in [0.5, 0.6) is 0 Å². The van der Waals surface area contributed by atoms with Gasteiger partial charge in [-0.2, -0.15) is 0 Å². The summed E-state index contributed by atoms with van der Waals surface area (Å²) in [6, 6.07) is 14.1. The van der Waals surface area contributed by atoms with Gasteiger partial charge in [0, 0.05) is 26.0 Å². The molecular weight excluding hydrogens is 312 g/mol. The topological polar surface area (TPSA) is 64.0 Å². The molecular formula is C20H20N4O. The molecule has 0 aromatic heterocycles. The maximum absolute atomic E-state index is 9.26. The third-order valence-corrected chi connectivity index (χ3v) is 3.85. The molecule has 0 unspecified atom stereocenters. The maximum atomic E-state index is 9.26. The summed E-state index contributed by atoms with van der Waals surface area (Å²) in [6.45, 7) is 7.55. The Bertz CT molecular complexity index is 882. The second-order valence-corrected chi connectivity index (χ2v) is 5.71. The second-order valence-electron chi connectivity index (χ2n) is 5.71. The van der Waals surface area contributed by atoms with E-state index in [-0.39, 0.29) is 12.3 Å². The van der Waals surface area contributed by atoms with Crippen LogP contribution in [0.15, 0.2) is 47.1 Å². The van der Waals surface area contributed by atoms with Gasteiger partial charge in [-0.05, 0) is 46.5 Å². The molecule has 0 fully saturated rings. The number of benzene rings is 2. The minimum absolute atomic E-state index is 0.0202. The Kier molecular flexibility index (Phi) is 6.28. The van der Waals surface area contributed by atoms with Crippen molar-refractivity contribution < 1.29 is 5.11 Å². The molecule has 0 spiro atoms. The van der Waals surface area contributed by atoms with Gasteiger partial charge in [0.25, 0.3) is 5.70 Å². The van der Waals surface area contributed by atoms with Crippen LogP contribution in [0.4, 0.5) is 5.69 Å². The van der Waals surface area contributed by atoms with Crippen molar-refractivity contribution >= 4 is 28.2 Å². The molecule has 0 atom stereocenters. The predicted molar refractivity (Wildman–Crippen MR) is 102 cm³/mol. The molecule has 0 heterocycles. The number of hydrogen-bond acceptors (Lipinski definition) is 4. The summed E-state index contributed by atoms with van der Waals surface area (Å²) >= 11 is 0. The van der Waals surface area contributed by atoms with Crippen LogP contribution in [0.2, 0.25) is 0 Å². The van der Waals surface area contributed by atoms with Crippen LogP contribution in [0, 0.1) is 17.9 Å². The molecule has 0 aliphatic carbocycles. The highest BCUT2D eigenvalue weighted by Crippen LogP contribution is 2.28. The van der Waals surface area contributed by atoms with Gasteiger partial charge in [-0.15, -0.1) is 0 Å². The number of allylic oxidation sites excluding steroid dienone is 2. The number of nitrogens with zero attached hydrogens (tertiary/aromatic N) is 4. The fourth-order valence-corrected chi connectivity index (χ4v) is 2.52. The monoisotopic (exact) mass is 332 g/mol. The largest absolute Gasteiger partial charge is 0.394 e. The van der Waals surface area contributed by atoms with Crippen LogP contribution in [0.1, 0.15) is 12.0 Å². The summed E-state index contributed by atoms with van der Waals surface area (Å²) < 4.78 is 0. The van der Waals surface area contributed by atoms with Crippen molar-refractivity contribution in [3.63, 3.8) is 0 Å². The predicted octanol–water partition coefficient (Wildman–Crippen LogP) is 3.51. The van der Waals surface area contributed by atoms with E-state index in [1.165, 1.54) is 0 Å². The molecule has 0 amide bonds. The van der Waals surface area contributed by atoms with E-state index >= 15 is 0 Å². The first-order valence-electron chi connectivity index (χ1n) is 7.92. The second kappa shape index (κ2) is 8.63. The summed E-state index contributed by atoms with van der Waals surface area (Å²) in [5.41, 5.74) is 2.68. The minimum Gasteiger partial charge on any atom is -0.394 e. The molecule has 25 heavy (non-hydrogen) atoms. The third kappa shape index (κ3) is 4.44. The lowest BCUT2D eigenvalue weighted by Crippen LogP contribution is -2.08. The number of aliphatic imine (C=N–C) groups is 1. The average molecular weight is 332 g/mol. The number of aliphatic hydroxyl groups excluding tert-OH is 1. The fourth-order valence-electron chi connectivity index (χ4n) is 2.52. The van der Waals surface area contributed by atoms with Crippen LogP contribution in [0.3, 0.4) is 0 Å². The normalized spacial score (nSPS) is 11.9. The first kappa shape index (κ1) is 18.2. The van der Waals surface area contributed by atoms with Crippen LogP contribution in [-0.4, -0.2) is 38.6 Å². The first-order chi connectivity index (χ1) is 12.1. The lowest BCUT2D eigenvalue weighted by Gasteiger charge is -2.14. The Morgan fingerprint density at radius 1 is 1.28 bits per heavy atom. The first-order valence-corrected chi connectivity index (χ1v) is 7.92. The van der Waals surface area contributed by atoms with E-state index in [1.54, 1.807) is 6.21 Å². The third-order valence-electron chi connectivity index (χ3n) is 3.85. The molecule has 2 aromatic rings. The standard InChI is InChI=1S/C20H20N4O/c1-22-20(14-21)19(8-9-23-10-11-25)17-5-4-16-13-18(24(2)3)7-6-15(16)12-17/h4-7,9,12-13,25H,8,10-11H2,2-3H3. The van der Waals surface area contributed by atoms with Gasteiger partial charge in [0.05, 0.1) is 25.8 Å². The van der Waals surface area contributed by atoms with E-state index in [0.717, 1.165) is 22.0 Å². The zero-order chi connectivity index (χ0) is 18.2. The summed E-state index contributed by atoms with van der Waals surface area (Å²) in [5, 5.41) is 20.2. The van der Waals surface area contributed by atoms with Crippen molar-refractivity contribution in [1.29, 1.82) is 5.26 Å². The van der Waals surface area contributed by atoms with Crippen molar-refractivity contribution in [2.75, 3.05) is 32.1 Å². The summed E-state index contributed by atoms with van der Waals surface area (Å²) in [7, 11) is 3.99. The number of fused-ring (bicyclic) bond motifs is 1. The average Bonchev–Trinajstić information content (AvgIpc) is 2.63. The van der Waals surface area contributed by atoms with Crippen LogP contribution >= 0.6 is 0 Å². The zero-order valence-electron chi connectivity index (χ0n) is 14.4. The van der Waals surface area contributed by atoms with Crippen LogP contribution < -0.4 is 4.90 Å². The highest BCUT2D eigenvalue weighted by molar-refractivity contribution is 5.91. The molecule has 126 valence electrons. The minimum atomic E-state index is -0.0202. The molecule has 1 N–H and O–H groups in total. The van der Waals surface area contributed by atoms with Crippen molar-refractivity contribution in [3.05, 3.63) is 59.1 Å². The molecule has 2 aromatic carbocycles. The van der Waals surface area contributed by atoms with Gasteiger partial charge in [-0.1, -0.05) is 18.2 Å². The highest BCUT2D eigenvalue weighted by atomic mass is 16.3. The molecule has 0 aliphatic heterocycles. The van der Waals surface area contributed by atoms with Crippen LogP contribution in [-0.2, 0) is 0 Å². The summed E-state index contributed by atoms with van der Waals surface area (Å²) in [4.78, 5) is 9.47. The van der Waals surface area contributed by atoms with E-state index < -0.39 is 0 Å². The molecule has 0 aliphatic rings. The highest BCUT2D eigenvalue weighted by Gasteiger charge is 2.10. The van der Waals surface area contributed by atoms with Crippen molar-refractivity contribution in [3.8, 4) is 6.07 Å². The summed E-state index contributed by atoms with van der Waals surface area (Å²) in [6.07, 6.45) is 2.03. The van der Waals surface area contributed by atoms with Crippen LogP contribution in [0.25, 0.3) is 21.2 Å². The zero-order valence-corrected chi connectivity index (χ0v) is 14.4. The number of hydrogen-bond donors (Lipinski definition) is 1. The maximum Gasteiger partial charge on any atom is 0.266 e. The Balaban J connectivity index is 2.47. The lowest BCUT2D eigenvalue weighted by atomic mass is 9.97. The van der Waals surface area contributed by atoms with E-state index in [2.05, 4.69) is 15.9 Å². The molecule has 0 radical (unpaired) electrons. The van der Waals surface area contributed by atoms with Gasteiger partial charge < -0.3 is 10.0 Å². The molecule has 2 rings (SSSR count). The van der Waals surface area contributed by atoms with Gasteiger partial charge in [0.15, 0.2) is 0 Å². The Hall–Kier alpha value is -3.15. The van der Waals surface area contributed by atoms with E-state index in [9.17, 15) is 5.26 Å². The Labute approximate surface area is 148 Å². The quantitative estimate of drug-likeness (QED) is 0.500.